The molecule has 120 valence electrons. The molecule has 1 fully saturated rings. The van der Waals surface area contributed by atoms with Gasteiger partial charge in [-0.15, -0.1) is 0 Å². The summed E-state index contributed by atoms with van der Waals surface area (Å²) in [5.41, 5.74) is 0.921. The molecule has 21 heavy (non-hydrogen) atoms. The van der Waals surface area contributed by atoms with Crippen LogP contribution in [0.1, 0.15) is 31.9 Å². The minimum atomic E-state index is -3.32. The van der Waals surface area contributed by atoms with Crippen LogP contribution in [0.2, 0.25) is 0 Å². The summed E-state index contributed by atoms with van der Waals surface area (Å²) in [6.07, 6.45) is 4.39. The summed E-state index contributed by atoms with van der Waals surface area (Å²) in [6, 6.07) is 0. The Kier molecular flexibility index (Phi) is 5.40. The quantitative estimate of drug-likeness (QED) is 0.759. The molecule has 1 unspecified atom stereocenters. The van der Waals surface area contributed by atoms with Gasteiger partial charge in [0, 0.05) is 13.2 Å². The average Bonchev–Trinajstić information content (AvgIpc) is 3.00. The molecule has 0 amide bonds. The van der Waals surface area contributed by atoms with Crippen molar-refractivity contribution in [2.24, 2.45) is 0 Å². The molecule has 0 N–H and O–H groups in total. The standard InChI is InChI=1S/C14H25N3O3S/c1-4-8-21(18,19)14-15-9-12(10-16(2)3)17(14)11-13-6-5-7-20-13/h9,13H,4-8,10-11H2,1-3H3. The molecule has 1 aliphatic heterocycles. The van der Waals surface area contributed by atoms with Gasteiger partial charge in [0.1, 0.15) is 0 Å². The second-order valence-corrected chi connectivity index (χ2v) is 7.84. The fourth-order valence-corrected chi connectivity index (χ4v) is 4.10. The van der Waals surface area contributed by atoms with Crippen LogP contribution in [0.15, 0.2) is 11.4 Å². The zero-order chi connectivity index (χ0) is 15.5. The van der Waals surface area contributed by atoms with Crippen LogP contribution in [-0.2, 0) is 27.7 Å². The van der Waals surface area contributed by atoms with E-state index in [0.29, 0.717) is 19.5 Å². The van der Waals surface area contributed by atoms with E-state index in [9.17, 15) is 8.42 Å². The Balaban J connectivity index is 2.33. The highest BCUT2D eigenvalue weighted by molar-refractivity contribution is 7.91. The van der Waals surface area contributed by atoms with E-state index in [2.05, 4.69) is 4.98 Å². The third-order valence-electron chi connectivity index (χ3n) is 3.54. The van der Waals surface area contributed by atoms with Crippen molar-refractivity contribution in [3.05, 3.63) is 11.9 Å². The number of ether oxygens (including phenoxy) is 1. The van der Waals surface area contributed by atoms with Gasteiger partial charge < -0.3 is 14.2 Å². The van der Waals surface area contributed by atoms with Crippen molar-refractivity contribution < 1.29 is 13.2 Å². The van der Waals surface area contributed by atoms with E-state index in [1.54, 1.807) is 6.20 Å². The highest BCUT2D eigenvalue weighted by Gasteiger charge is 2.26. The second kappa shape index (κ2) is 6.89. The maximum absolute atomic E-state index is 12.4. The van der Waals surface area contributed by atoms with Gasteiger partial charge in [-0.05, 0) is 33.4 Å². The summed E-state index contributed by atoms with van der Waals surface area (Å²) < 4.78 is 32.3. The first-order valence-corrected chi connectivity index (χ1v) is 9.12. The molecule has 2 heterocycles. The molecule has 0 saturated carbocycles. The number of hydrogen-bond acceptors (Lipinski definition) is 5. The van der Waals surface area contributed by atoms with Crippen molar-refractivity contribution in [1.29, 1.82) is 0 Å². The van der Waals surface area contributed by atoms with Gasteiger partial charge in [0.25, 0.3) is 0 Å². The molecular formula is C14H25N3O3S. The Labute approximate surface area is 127 Å². The van der Waals surface area contributed by atoms with E-state index < -0.39 is 9.84 Å². The summed E-state index contributed by atoms with van der Waals surface area (Å²) in [5.74, 6) is 0.136. The molecule has 7 heteroatoms. The van der Waals surface area contributed by atoms with E-state index in [1.165, 1.54) is 0 Å². The van der Waals surface area contributed by atoms with Crippen LogP contribution in [-0.4, -0.2) is 55.4 Å². The average molecular weight is 315 g/mol. The highest BCUT2D eigenvalue weighted by Crippen LogP contribution is 2.20. The lowest BCUT2D eigenvalue weighted by Crippen LogP contribution is -2.24. The van der Waals surface area contributed by atoms with Gasteiger partial charge >= 0.3 is 0 Å². The zero-order valence-corrected chi connectivity index (χ0v) is 13.9. The molecule has 1 saturated heterocycles. The molecular weight excluding hydrogens is 290 g/mol. The Morgan fingerprint density at radius 3 is 2.81 bits per heavy atom. The lowest BCUT2D eigenvalue weighted by molar-refractivity contribution is 0.0936. The summed E-state index contributed by atoms with van der Waals surface area (Å²) in [4.78, 5) is 6.21. The molecule has 0 bridgehead atoms. The van der Waals surface area contributed by atoms with Gasteiger partial charge in [0.2, 0.25) is 15.0 Å². The van der Waals surface area contributed by atoms with Gasteiger partial charge in [-0.3, -0.25) is 0 Å². The van der Waals surface area contributed by atoms with Crippen molar-refractivity contribution in [3.8, 4) is 0 Å². The number of aromatic nitrogens is 2. The summed E-state index contributed by atoms with van der Waals surface area (Å²) in [5, 5.41) is 0.191. The molecule has 1 aliphatic rings. The fraction of sp³-hybridized carbons (Fsp3) is 0.786. The number of sulfone groups is 1. The number of imidazole rings is 1. The highest BCUT2D eigenvalue weighted by atomic mass is 32.2. The van der Waals surface area contributed by atoms with Crippen molar-refractivity contribution in [1.82, 2.24) is 14.5 Å². The van der Waals surface area contributed by atoms with Crippen LogP contribution < -0.4 is 0 Å². The van der Waals surface area contributed by atoms with E-state index in [4.69, 9.17) is 4.74 Å². The maximum Gasteiger partial charge on any atom is 0.227 e. The molecule has 0 aliphatic carbocycles. The van der Waals surface area contributed by atoms with Crippen molar-refractivity contribution >= 4 is 9.84 Å². The molecule has 6 nitrogen and oxygen atoms in total. The van der Waals surface area contributed by atoms with E-state index in [1.807, 2.05) is 30.5 Å². The van der Waals surface area contributed by atoms with Gasteiger partial charge in [-0.2, -0.15) is 0 Å². The third-order valence-corrected chi connectivity index (χ3v) is 5.37. The van der Waals surface area contributed by atoms with Crippen LogP contribution in [0.4, 0.5) is 0 Å². The van der Waals surface area contributed by atoms with Crippen LogP contribution in [0.5, 0.6) is 0 Å². The van der Waals surface area contributed by atoms with Crippen molar-refractivity contribution in [2.45, 2.75) is 50.5 Å². The first-order valence-electron chi connectivity index (χ1n) is 7.47. The number of hydrogen-bond donors (Lipinski definition) is 0. The molecule has 0 spiro atoms. The van der Waals surface area contributed by atoms with Crippen molar-refractivity contribution in [3.63, 3.8) is 0 Å². The minimum absolute atomic E-state index is 0.0932. The normalized spacial score (nSPS) is 19.5. The Hall–Kier alpha value is -0.920. The van der Waals surface area contributed by atoms with Crippen LogP contribution in [0.3, 0.4) is 0 Å². The van der Waals surface area contributed by atoms with Crippen molar-refractivity contribution in [2.75, 3.05) is 26.5 Å². The smallest absolute Gasteiger partial charge is 0.227 e. The van der Waals surface area contributed by atoms with Crippen LogP contribution in [0.25, 0.3) is 0 Å². The van der Waals surface area contributed by atoms with Gasteiger partial charge in [0.05, 0.1) is 30.3 Å². The van der Waals surface area contributed by atoms with E-state index in [0.717, 1.165) is 25.1 Å². The van der Waals surface area contributed by atoms with Gasteiger partial charge in [-0.25, -0.2) is 13.4 Å². The Morgan fingerprint density at radius 2 is 2.24 bits per heavy atom. The van der Waals surface area contributed by atoms with Crippen LogP contribution in [0, 0.1) is 0 Å². The van der Waals surface area contributed by atoms with Gasteiger partial charge in [-0.1, -0.05) is 6.92 Å². The first kappa shape index (κ1) is 16.5. The number of rotatable bonds is 7. The summed E-state index contributed by atoms with van der Waals surface area (Å²) in [7, 11) is 0.604. The number of nitrogens with zero attached hydrogens (tertiary/aromatic N) is 3. The summed E-state index contributed by atoms with van der Waals surface area (Å²) in [6.45, 7) is 3.87. The molecule has 2 rings (SSSR count). The monoisotopic (exact) mass is 315 g/mol. The predicted molar refractivity (Wildman–Crippen MR) is 80.9 cm³/mol. The molecule has 1 atom stereocenters. The second-order valence-electron chi connectivity index (χ2n) is 5.83. The third kappa shape index (κ3) is 4.05. The maximum atomic E-state index is 12.4. The topological polar surface area (TPSA) is 64.4 Å². The molecule has 1 aromatic heterocycles. The Morgan fingerprint density at radius 1 is 1.48 bits per heavy atom. The first-order chi connectivity index (χ1) is 9.94. The largest absolute Gasteiger partial charge is 0.376 e. The van der Waals surface area contributed by atoms with E-state index in [-0.39, 0.29) is 17.0 Å². The molecule has 0 aromatic carbocycles. The lowest BCUT2D eigenvalue weighted by atomic mass is 10.2. The SMILES string of the molecule is CCCS(=O)(=O)c1ncc(CN(C)C)n1CC1CCCO1. The predicted octanol–water partition coefficient (Wildman–Crippen LogP) is 1.31. The molecule has 1 aromatic rings. The Bertz CT molecular complexity index is 560. The van der Waals surface area contributed by atoms with Gasteiger partial charge in [0.15, 0.2) is 0 Å². The minimum Gasteiger partial charge on any atom is -0.376 e. The molecule has 0 radical (unpaired) electrons. The van der Waals surface area contributed by atoms with E-state index >= 15 is 0 Å². The lowest BCUT2D eigenvalue weighted by Gasteiger charge is -2.18. The zero-order valence-electron chi connectivity index (χ0n) is 13.1. The fourth-order valence-electron chi connectivity index (χ4n) is 2.64. The van der Waals surface area contributed by atoms with Crippen LogP contribution >= 0.6 is 0 Å². The summed E-state index contributed by atoms with van der Waals surface area (Å²) >= 11 is 0.